The second kappa shape index (κ2) is 11.5. The van der Waals surface area contributed by atoms with Crippen LogP contribution in [0, 0.1) is 0 Å². The number of furan rings is 1. The smallest absolute Gasteiger partial charge is 0.284 e. The number of carbonyl (C=O) groups is 1. The maximum absolute atomic E-state index is 11.0. The largest absolute Gasteiger partial charge is 0.454 e. The first-order chi connectivity index (χ1) is 11.7. The first-order valence-corrected chi connectivity index (χ1v) is 7.63. The van der Waals surface area contributed by atoms with Gasteiger partial charge >= 0.3 is 0 Å². The lowest BCUT2D eigenvalue weighted by Gasteiger charge is -2.11. The number of nitrogens with two attached hydrogens (primary N) is 1. The fourth-order valence-electron chi connectivity index (χ4n) is 2.00. The van der Waals surface area contributed by atoms with Crippen LogP contribution in [0.15, 0.2) is 51.9 Å². The topological polar surface area (TPSA) is 102 Å². The molecule has 7 nitrogen and oxygen atoms in total. The van der Waals surface area contributed by atoms with Crippen LogP contribution >= 0.6 is 24.0 Å². The van der Waals surface area contributed by atoms with Gasteiger partial charge in [0.15, 0.2) is 11.7 Å². The summed E-state index contributed by atoms with van der Waals surface area (Å²) in [6, 6.07) is 13.2. The molecule has 0 fully saturated rings. The lowest BCUT2D eigenvalue weighted by molar-refractivity contribution is 0.0972. The van der Waals surface area contributed by atoms with E-state index in [0.29, 0.717) is 38.0 Å². The van der Waals surface area contributed by atoms with E-state index < -0.39 is 5.91 Å². The molecule has 0 unspecified atom stereocenters. The van der Waals surface area contributed by atoms with Crippen LogP contribution < -0.4 is 16.4 Å². The highest BCUT2D eigenvalue weighted by Gasteiger charge is 2.07. The number of hydrogen-bond acceptors (Lipinski definition) is 4. The van der Waals surface area contributed by atoms with E-state index in [1.165, 1.54) is 0 Å². The number of aliphatic imine (C=N–C) groups is 1. The first-order valence-electron chi connectivity index (χ1n) is 7.63. The highest BCUT2D eigenvalue weighted by atomic mass is 127. The van der Waals surface area contributed by atoms with Crippen LogP contribution in [0.25, 0.3) is 0 Å². The van der Waals surface area contributed by atoms with Gasteiger partial charge in [0, 0.05) is 13.6 Å². The Morgan fingerprint density at radius 3 is 2.60 bits per heavy atom. The minimum atomic E-state index is -0.584. The highest BCUT2D eigenvalue weighted by molar-refractivity contribution is 14.0. The zero-order valence-electron chi connectivity index (χ0n) is 14.0. The first kappa shape index (κ1) is 21.0. The lowest BCUT2D eigenvalue weighted by Crippen LogP contribution is -2.38. The van der Waals surface area contributed by atoms with Gasteiger partial charge in [0.05, 0.1) is 19.8 Å². The SMILES string of the molecule is CN=C(NCCOCc1ccccc1)NCc1ccc(C(N)=O)o1.I. The molecule has 25 heavy (non-hydrogen) atoms. The van der Waals surface area contributed by atoms with Crippen molar-refractivity contribution in [1.82, 2.24) is 10.6 Å². The number of ether oxygens (including phenoxy) is 1. The van der Waals surface area contributed by atoms with E-state index in [-0.39, 0.29) is 29.7 Å². The van der Waals surface area contributed by atoms with Gasteiger partial charge in [-0.05, 0) is 17.7 Å². The molecule has 2 aromatic rings. The molecule has 1 aromatic carbocycles. The molecule has 4 N–H and O–H groups in total. The third-order valence-electron chi connectivity index (χ3n) is 3.21. The van der Waals surface area contributed by atoms with Crippen molar-refractivity contribution in [2.24, 2.45) is 10.7 Å². The minimum Gasteiger partial charge on any atom is -0.454 e. The number of nitrogens with one attached hydrogen (secondary N) is 2. The molecule has 0 saturated heterocycles. The van der Waals surface area contributed by atoms with E-state index in [4.69, 9.17) is 14.9 Å². The molecule has 0 aliphatic rings. The fourth-order valence-corrected chi connectivity index (χ4v) is 2.00. The fraction of sp³-hybridized carbons (Fsp3) is 0.294. The molecular weight excluding hydrogens is 435 g/mol. The van der Waals surface area contributed by atoms with Crippen LogP contribution in [0.3, 0.4) is 0 Å². The average molecular weight is 458 g/mol. The lowest BCUT2D eigenvalue weighted by atomic mass is 10.2. The van der Waals surface area contributed by atoms with Crippen LogP contribution in [0.2, 0.25) is 0 Å². The molecule has 0 saturated carbocycles. The quantitative estimate of drug-likeness (QED) is 0.243. The summed E-state index contributed by atoms with van der Waals surface area (Å²) in [5, 5.41) is 6.22. The highest BCUT2D eigenvalue weighted by Crippen LogP contribution is 2.06. The summed E-state index contributed by atoms with van der Waals surface area (Å²) in [7, 11) is 1.68. The molecule has 1 aromatic heterocycles. The Morgan fingerprint density at radius 1 is 1.20 bits per heavy atom. The molecule has 1 heterocycles. The van der Waals surface area contributed by atoms with E-state index in [9.17, 15) is 4.79 Å². The number of rotatable bonds is 8. The Balaban J connectivity index is 0.00000312. The van der Waals surface area contributed by atoms with Gasteiger partial charge in [0.2, 0.25) is 0 Å². The van der Waals surface area contributed by atoms with Crippen LogP contribution in [-0.2, 0) is 17.9 Å². The van der Waals surface area contributed by atoms with Crippen molar-refractivity contribution in [3.8, 4) is 0 Å². The van der Waals surface area contributed by atoms with E-state index in [2.05, 4.69) is 15.6 Å². The number of amides is 1. The van der Waals surface area contributed by atoms with Crippen molar-refractivity contribution in [2.45, 2.75) is 13.2 Å². The minimum absolute atomic E-state index is 0. The molecule has 0 aliphatic heterocycles. The van der Waals surface area contributed by atoms with Gasteiger partial charge in [-0.2, -0.15) is 0 Å². The number of halogens is 1. The summed E-state index contributed by atoms with van der Waals surface area (Å²) in [6.45, 7) is 2.16. The molecular formula is C17H23IN4O3. The van der Waals surface area contributed by atoms with Gasteiger partial charge in [0.1, 0.15) is 5.76 Å². The van der Waals surface area contributed by atoms with E-state index in [1.54, 1.807) is 19.2 Å². The second-order valence-electron chi connectivity index (χ2n) is 5.02. The molecule has 0 aliphatic carbocycles. The van der Waals surface area contributed by atoms with Crippen LogP contribution in [-0.4, -0.2) is 32.1 Å². The molecule has 8 heteroatoms. The Labute approximate surface area is 164 Å². The third-order valence-corrected chi connectivity index (χ3v) is 3.21. The van der Waals surface area contributed by atoms with Gasteiger partial charge in [-0.15, -0.1) is 24.0 Å². The van der Waals surface area contributed by atoms with Gasteiger partial charge < -0.3 is 25.5 Å². The Bertz CT molecular complexity index is 674. The number of guanidine groups is 1. The zero-order valence-corrected chi connectivity index (χ0v) is 16.4. The predicted octanol–water partition coefficient (Wildman–Crippen LogP) is 1.88. The standard InChI is InChI=1S/C17H22N4O3.HI/c1-19-17(21-11-14-7-8-15(24-14)16(18)22)20-9-10-23-12-13-5-3-2-4-6-13;/h2-8H,9-12H2,1H3,(H2,18,22)(H2,19,20,21);1H. The predicted molar refractivity (Wildman–Crippen MR) is 107 cm³/mol. The van der Waals surface area contributed by atoms with Crippen molar-refractivity contribution in [2.75, 3.05) is 20.2 Å². The third kappa shape index (κ3) is 7.57. The van der Waals surface area contributed by atoms with E-state index >= 15 is 0 Å². The molecule has 0 radical (unpaired) electrons. The number of hydrogen-bond donors (Lipinski definition) is 3. The molecule has 136 valence electrons. The summed E-state index contributed by atoms with van der Waals surface area (Å²) >= 11 is 0. The van der Waals surface area contributed by atoms with Crippen molar-refractivity contribution in [3.63, 3.8) is 0 Å². The van der Waals surface area contributed by atoms with E-state index in [1.807, 2.05) is 30.3 Å². The maximum Gasteiger partial charge on any atom is 0.284 e. The van der Waals surface area contributed by atoms with Crippen molar-refractivity contribution >= 4 is 35.8 Å². The Kier molecular flexibility index (Phi) is 9.63. The number of carbonyl (C=O) groups excluding carboxylic acids is 1. The molecule has 2 rings (SSSR count). The van der Waals surface area contributed by atoms with Crippen LogP contribution in [0.4, 0.5) is 0 Å². The van der Waals surface area contributed by atoms with Crippen LogP contribution in [0.1, 0.15) is 21.9 Å². The number of nitrogens with zero attached hydrogens (tertiary/aromatic N) is 1. The average Bonchev–Trinajstić information content (AvgIpc) is 3.07. The Hall–Kier alpha value is -2.07. The van der Waals surface area contributed by atoms with Crippen LogP contribution in [0.5, 0.6) is 0 Å². The Morgan fingerprint density at radius 2 is 1.96 bits per heavy atom. The summed E-state index contributed by atoms with van der Waals surface area (Å²) in [6.07, 6.45) is 0. The number of primary amides is 1. The summed E-state index contributed by atoms with van der Waals surface area (Å²) in [4.78, 5) is 15.1. The van der Waals surface area contributed by atoms with Gasteiger partial charge in [0.25, 0.3) is 5.91 Å². The van der Waals surface area contributed by atoms with Crippen molar-refractivity contribution in [1.29, 1.82) is 0 Å². The second-order valence-corrected chi connectivity index (χ2v) is 5.02. The number of benzene rings is 1. The summed E-state index contributed by atoms with van der Waals surface area (Å²) in [5.74, 6) is 0.783. The molecule has 1 amide bonds. The molecule has 0 atom stereocenters. The van der Waals surface area contributed by atoms with Crippen molar-refractivity contribution in [3.05, 3.63) is 59.5 Å². The summed E-state index contributed by atoms with van der Waals surface area (Å²) < 4.78 is 10.9. The van der Waals surface area contributed by atoms with E-state index in [0.717, 1.165) is 5.56 Å². The van der Waals surface area contributed by atoms with Gasteiger partial charge in [-0.1, -0.05) is 30.3 Å². The molecule has 0 spiro atoms. The van der Waals surface area contributed by atoms with Crippen molar-refractivity contribution < 1.29 is 13.9 Å². The maximum atomic E-state index is 11.0. The monoisotopic (exact) mass is 458 g/mol. The summed E-state index contributed by atoms with van der Waals surface area (Å²) in [5.41, 5.74) is 6.28. The normalized spacial score (nSPS) is 10.8. The zero-order chi connectivity index (χ0) is 17.2. The molecule has 0 bridgehead atoms. The van der Waals surface area contributed by atoms with Gasteiger partial charge in [-0.3, -0.25) is 9.79 Å². The van der Waals surface area contributed by atoms with Gasteiger partial charge in [-0.25, -0.2) is 0 Å².